The Morgan fingerprint density at radius 2 is 1.69 bits per heavy atom. The number of nitrogens with one attached hydrogen (secondary N) is 1. The van der Waals surface area contributed by atoms with E-state index < -0.39 is 0 Å². The Morgan fingerprint density at radius 1 is 1.00 bits per heavy atom. The number of nitrogens with zero attached hydrogens (tertiary/aromatic N) is 1. The molecule has 0 heterocycles. The zero-order valence-corrected chi connectivity index (χ0v) is 15.9. The van der Waals surface area contributed by atoms with Crippen molar-refractivity contribution in [3.8, 4) is 17.2 Å². The molecular weight excluding hydrogens is 332 g/mol. The van der Waals surface area contributed by atoms with Gasteiger partial charge in [0.1, 0.15) is 17.2 Å². The average Bonchev–Trinajstić information content (AvgIpc) is 2.67. The lowest BCUT2D eigenvalue weighted by Gasteiger charge is -2.26. The molecule has 26 heavy (non-hydrogen) atoms. The molecule has 0 aromatic heterocycles. The summed E-state index contributed by atoms with van der Waals surface area (Å²) in [4.78, 5) is 14.7. The summed E-state index contributed by atoms with van der Waals surface area (Å²) in [6.07, 6.45) is 0. The van der Waals surface area contributed by atoms with Gasteiger partial charge in [-0.15, -0.1) is 0 Å². The van der Waals surface area contributed by atoms with Gasteiger partial charge in [0.2, 0.25) is 0 Å². The molecule has 2 rings (SSSR count). The van der Waals surface area contributed by atoms with E-state index in [9.17, 15) is 4.79 Å². The van der Waals surface area contributed by atoms with Crippen molar-refractivity contribution in [2.24, 2.45) is 0 Å². The number of para-hydroxylation sites is 1. The average molecular weight is 358 g/mol. The third kappa shape index (κ3) is 4.46. The zero-order chi connectivity index (χ0) is 19.1. The minimum Gasteiger partial charge on any atom is -0.497 e. The molecule has 0 saturated carbocycles. The maximum atomic E-state index is 12.7. The van der Waals surface area contributed by atoms with Crippen molar-refractivity contribution >= 4 is 5.91 Å². The number of likely N-dealkylation sites (N-methyl/N-ethyl adjacent to an activating group) is 1. The van der Waals surface area contributed by atoms with Crippen molar-refractivity contribution in [1.82, 2.24) is 10.2 Å². The van der Waals surface area contributed by atoms with E-state index in [0.717, 1.165) is 11.3 Å². The molecule has 0 bridgehead atoms. The molecule has 6 heteroatoms. The van der Waals surface area contributed by atoms with Gasteiger partial charge in [-0.25, -0.2) is 0 Å². The number of methoxy groups -OCH3 is 3. The number of benzene rings is 2. The highest BCUT2D eigenvalue weighted by Gasteiger charge is 2.20. The van der Waals surface area contributed by atoms with Gasteiger partial charge in [0, 0.05) is 18.2 Å². The van der Waals surface area contributed by atoms with Crippen LogP contribution >= 0.6 is 0 Å². The van der Waals surface area contributed by atoms with E-state index >= 15 is 0 Å². The van der Waals surface area contributed by atoms with E-state index in [1.807, 2.05) is 43.3 Å². The second-order valence-electron chi connectivity index (χ2n) is 6.00. The highest BCUT2D eigenvalue weighted by molar-refractivity contribution is 5.97. The first-order chi connectivity index (χ1) is 12.5. The molecule has 0 radical (unpaired) electrons. The van der Waals surface area contributed by atoms with Crippen LogP contribution in [0.15, 0.2) is 42.5 Å². The number of ether oxygens (including phenoxy) is 3. The van der Waals surface area contributed by atoms with Gasteiger partial charge in [0.25, 0.3) is 5.91 Å². The van der Waals surface area contributed by atoms with Crippen LogP contribution in [0.25, 0.3) is 0 Å². The van der Waals surface area contributed by atoms with Crippen LogP contribution in [-0.4, -0.2) is 52.8 Å². The summed E-state index contributed by atoms with van der Waals surface area (Å²) in [5, 5.41) is 2.99. The van der Waals surface area contributed by atoms with Crippen LogP contribution in [0.2, 0.25) is 0 Å². The van der Waals surface area contributed by atoms with E-state index in [1.165, 1.54) is 7.11 Å². The molecule has 0 aliphatic heterocycles. The number of hydrogen-bond donors (Lipinski definition) is 1. The molecular formula is C20H26N2O4. The van der Waals surface area contributed by atoms with Gasteiger partial charge in [-0.05, 0) is 32.3 Å². The molecule has 0 aliphatic rings. The van der Waals surface area contributed by atoms with E-state index in [1.54, 1.807) is 32.4 Å². The fourth-order valence-electron chi connectivity index (χ4n) is 2.78. The molecule has 1 amide bonds. The van der Waals surface area contributed by atoms with Gasteiger partial charge < -0.3 is 24.4 Å². The van der Waals surface area contributed by atoms with E-state index in [4.69, 9.17) is 14.2 Å². The fourth-order valence-corrected chi connectivity index (χ4v) is 2.78. The second-order valence-corrected chi connectivity index (χ2v) is 6.00. The highest BCUT2D eigenvalue weighted by atomic mass is 16.5. The van der Waals surface area contributed by atoms with Crippen molar-refractivity contribution in [3.05, 3.63) is 53.6 Å². The van der Waals surface area contributed by atoms with Crippen molar-refractivity contribution in [2.45, 2.75) is 6.04 Å². The summed E-state index contributed by atoms with van der Waals surface area (Å²) < 4.78 is 15.9. The van der Waals surface area contributed by atoms with Gasteiger partial charge in [0.05, 0.1) is 32.9 Å². The Balaban J connectivity index is 2.18. The lowest BCUT2D eigenvalue weighted by molar-refractivity contribution is 0.0938. The Kier molecular flexibility index (Phi) is 6.86. The number of amides is 1. The lowest BCUT2D eigenvalue weighted by Crippen LogP contribution is -2.34. The topological polar surface area (TPSA) is 60.0 Å². The quantitative estimate of drug-likeness (QED) is 0.786. The smallest absolute Gasteiger partial charge is 0.255 e. The van der Waals surface area contributed by atoms with Crippen LogP contribution in [0.5, 0.6) is 17.2 Å². The molecule has 0 saturated heterocycles. The maximum absolute atomic E-state index is 12.7. The van der Waals surface area contributed by atoms with Crippen molar-refractivity contribution in [2.75, 3.05) is 42.0 Å². The molecule has 6 nitrogen and oxygen atoms in total. The summed E-state index contributed by atoms with van der Waals surface area (Å²) in [5.74, 6) is 1.70. The largest absolute Gasteiger partial charge is 0.497 e. The summed E-state index contributed by atoms with van der Waals surface area (Å²) in [6, 6.07) is 12.9. The van der Waals surface area contributed by atoms with Gasteiger partial charge in [-0.3, -0.25) is 4.79 Å². The van der Waals surface area contributed by atoms with Crippen LogP contribution in [0.4, 0.5) is 0 Å². The Morgan fingerprint density at radius 3 is 2.31 bits per heavy atom. The number of carbonyl (C=O) groups excluding carboxylic acids is 1. The summed E-state index contributed by atoms with van der Waals surface area (Å²) >= 11 is 0. The van der Waals surface area contributed by atoms with E-state index in [2.05, 4.69) is 5.32 Å². The number of rotatable bonds is 8. The highest BCUT2D eigenvalue weighted by Crippen LogP contribution is 2.28. The number of carbonyl (C=O) groups is 1. The zero-order valence-electron chi connectivity index (χ0n) is 15.9. The third-order valence-electron chi connectivity index (χ3n) is 4.23. The van der Waals surface area contributed by atoms with E-state index in [-0.39, 0.29) is 11.9 Å². The molecule has 0 spiro atoms. The Labute approximate surface area is 154 Å². The molecule has 2 aromatic rings. The van der Waals surface area contributed by atoms with Gasteiger partial charge in [0.15, 0.2) is 0 Å². The lowest BCUT2D eigenvalue weighted by atomic mass is 10.0. The first-order valence-corrected chi connectivity index (χ1v) is 8.31. The fraction of sp³-hybridized carbons (Fsp3) is 0.350. The molecule has 1 N–H and O–H groups in total. The SMILES string of the molecule is COc1ccc(C(=O)NCC(c2ccccc2OC)N(C)C)c(OC)c1. The summed E-state index contributed by atoms with van der Waals surface area (Å²) in [7, 11) is 8.69. The van der Waals surface area contributed by atoms with Crippen LogP contribution in [-0.2, 0) is 0 Å². The Hall–Kier alpha value is -2.73. The van der Waals surface area contributed by atoms with Crippen LogP contribution in [0.3, 0.4) is 0 Å². The van der Waals surface area contributed by atoms with Gasteiger partial charge in [-0.2, -0.15) is 0 Å². The predicted octanol–water partition coefficient (Wildman–Crippen LogP) is 2.75. The first kappa shape index (κ1) is 19.6. The van der Waals surface area contributed by atoms with Crippen LogP contribution < -0.4 is 19.5 Å². The van der Waals surface area contributed by atoms with E-state index in [0.29, 0.717) is 23.6 Å². The molecule has 0 aliphatic carbocycles. The molecule has 140 valence electrons. The molecule has 1 unspecified atom stereocenters. The predicted molar refractivity (Wildman–Crippen MR) is 101 cm³/mol. The van der Waals surface area contributed by atoms with Crippen molar-refractivity contribution < 1.29 is 19.0 Å². The minimum absolute atomic E-state index is 0.0284. The minimum atomic E-state index is -0.203. The van der Waals surface area contributed by atoms with Crippen molar-refractivity contribution in [1.29, 1.82) is 0 Å². The molecule has 1 atom stereocenters. The maximum Gasteiger partial charge on any atom is 0.255 e. The monoisotopic (exact) mass is 358 g/mol. The first-order valence-electron chi connectivity index (χ1n) is 8.31. The van der Waals surface area contributed by atoms with Crippen LogP contribution in [0, 0.1) is 0 Å². The molecule has 0 fully saturated rings. The van der Waals surface area contributed by atoms with Crippen LogP contribution in [0.1, 0.15) is 22.0 Å². The third-order valence-corrected chi connectivity index (χ3v) is 4.23. The Bertz CT molecular complexity index is 746. The van der Waals surface area contributed by atoms with Crippen molar-refractivity contribution in [3.63, 3.8) is 0 Å². The standard InChI is InChI=1S/C20H26N2O4/c1-22(2)17(15-8-6-7-9-18(15)25-4)13-21-20(23)16-11-10-14(24-3)12-19(16)26-5/h6-12,17H,13H2,1-5H3,(H,21,23). The van der Waals surface area contributed by atoms with Gasteiger partial charge >= 0.3 is 0 Å². The summed E-state index contributed by atoms with van der Waals surface area (Å²) in [6.45, 7) is 0.432. The molecule has 2 aromatic carbocycles. The normalized spacial score (nSPS) is 11.8. The second kappa shape index (κ2) is 9.10. The van der Waals surface area contributed by atoms with Gasteiger partial charge in [-0.1, -0.05) is 18.2 Å². The number of hydrogen-bond acceptors (Lipinski definition) is 5. The summed E-state index contributed by atoms with van der Waals surface area (Å²) in [5.41, 5.74) is 1.48.